The van der Waals surface area contributed by atoms with Crippen molar-refractivity contribution in [3.8, 4) is 11.5 Å². The van der Waals surface area contributed by atoms with Gasteiger partial charge in [0.25, 0.3) is 0 Å². The second-order valence-electron chi connectivity index (χ2n) is 10.1. The summed E-state index contributed by atoms with van der Waals surface area (Å²) >= 11 is 0. The van der Waals surface area contributed by atoms with E-state index in [1.165, 1.54) is 12.1 Å². The first-order chi connectivity index (χ1) is 17.2. The number of hydrogen-bond donors (Lipinski definition) is 1. The Hall–Kier alpha value is -3.14. The second kappa shape index (κ2) is 15.2. The maximum Gasteiger partial charge on any atom is 0.508 e. The van der Waals surface area contributed by atoms with Gasteiger partial charge in [0, 0.05) is 12.8 Å². The minimum Gasteiger partial charge on any atom is -0.458 e. The normalized spacial score (nSPS) is 13.6. The topological polar surface area (TPSA) is 140 Å². The van der Waals surface area contributed by atoms with Crippen molar-refractivity contribution in [2.75, 3.05) is 0 Å². The van der Waals surface area contributed by atoms with E-state index in [0.29, 0.717) is 5.56 Å². The van der Waals surface area contributed by atoms with E-state index in [9.17, 15) is 19.2 Å². The quantitative estimate of drug-likeness (QED) is 0.293. The number of hydrogen-bond acceptors (Lipinski definition) is 10. The zero-order valence-corrected chi connectivity index (χ0v) is 23.1. The molecule has 0 heterocycles. The molecule has 0 amide bonds. The smallest absolute Gasteiger partial charge is 0.458 e. The lowest BCUT2D eigenvalue weighted by Crippen LogP contribution is -2.39. The number of carbonyl (C=O) groups is 4. The number of nitrogens with two attached hydrogens (primary N) is 1. The van der Waals surface area contributed by atoms with E-state index in [-0.39, 0.29) is 48.7 Å². The van der Waals surface area contributed by atoms with Crippen molar-refractivity contribution in [3.63, 3.8) is 0 Å². The summed E-state index contributed by atoms with van der Waals surface area (Å²) in [6.45, 7) is 14.1. The van der Waals surface area contributed by atoms with E-state index >= 15 is 0 Å². The molecule has 0 bridgehead atoms. The highest BCUT2D eigenvalue weighted by molar-refractivity contribution is 5.77. The molecule has 2 N–H and O–H groups in total. The maximum absolute atomic E-state index is 12.6. The van der Waals surface area contributed by atoms with Crippen LogP contribution >= 0.6 is 0 Å². The van der Waals surface area contributed by atoms with Gasteiger partial charge >= 0.3 is 24.1 Å². The fourth-order valence-corrected chi connectivity index (χ4v) is 3.01. The second-order valence-corrected chi connectivity index (χ2v) is 10.1. The van der Waals surface area contributed by atoms with Crippen LogP contribution in [0.15, 0.2) is 18.2 Å². The Balaban J connectivity index is 2.91. The lowest BCUT2D eigenvalue weighted by Gasteiger charge is -2.22. The van der Waals surface area contributed by atoms with Gasteiger partial charge in [0.15, 0.2) is 11.5 Å². The van der Waals surface area contributed by atoms with Crippen LogP contribution in [0.4, 0.5) is 4.79 Å². The van der Waals surface area contributed by atoms with Crippen LogP contribution in [0.1, 0.15) is 73.8 Å². The molecule has 0 aliphatic heterocycles. The third-order valence-corrected chi connectivity index (χ3v) is 4.94. The average molecular weight is 524 g/mol. The van der Waals surface area contributed by atoms with Crippen molar-refractivity contribution in [1.82, 2.24) is 0 Å². The van der Waals surface area contributed by atoms with Gasteiger partial charge in [0.1, 0.15) is 18.2 Å². The fourth-order valence-electron chi connectivity index (χ4n) is 3.01. The standard InChI is InChI=1S/C27H41NO9/c1-15(2)11-24(29)36-22-10-9-20(14-23(22)37-25(30)12-16(3)4)13-21(28)26(31)34-18(7)19(8)35-27(32)33-17(5)6/h9-10,14-19,21H,11-13,28H2,1-8H3/t18-,19-,21-/m0/s1. The highest BCUT2D eigenvalue weighted by Crippen LogP contribution is 2.30. The summed E-state index contributed by atoms with van der Waals surface area (Å²) in [5.41, 5.74) is 6.62. The zero-order valence-electron chi connectivity index (χ0n) is 23.1. The first-order valence-electron chi connectivity index (χ1n) is 12.6. The predicted molar refractivity (Wildman–Crippen MR) is 136 cm³/mol. The van der Waals surface area contributed by atoms with Crippen molar-refractivity contribution in [3.05, 3.63) is 23.8 Å². The molecule has 0 aliphatic carbocycles. The van der Waals surface area contributed by atoms with Crippen LogP contribution in [0.5, 0.6) is 11.5 Å². The molecule has 0 saturated heterocycles. The van der Waals surface area contributed by atoms with E-state index < -0.39 is 42.3 Å². The van der Waals surface area contributed by atoms with Gasteiger partial charge in [-0.3, -0.25) is 14.4 Å². The molecule has 208 valence electrons. The molecule has 37 heavy (non-hydrogen) atoms. The molecule has 10 nitrogen and oxygen atoms in total. The van der Waals surface area contributed by atoms with Crippen LogP contribution in [0, 0.1) is 11.8 Å². The van der Waals surface area contributed by atoms with Gasteiger partial charge in [-0.05, 0) is 63.6 Å². The number of carbonyl (C=O) groups excluding carboxylic acids is 4. The molecule has 0 unspecified atom stereocenters. The van der Waals surface area contributed by atoms with E-state index in [1.54, 1.807) is 33.8 Å². The van der Waals surface area contributed by atoms with Gasteiger partial charge in [0.2, 0.25) is 0 Å². The molecule has 0 fully saturated rings. The summed E-state index contributed by atoms with van der Waals surface area (Å²) in [7, 11) is 0. The van der Waals surface area contributed by atoms with Crippen LogP contribution < -0.4 is 15.2 Å². The summed E-state index contributed by atoms with van der Waals surface area (Å²) in [5.74, 6) is -1.28. The van der Waals surface area contributed by atoms with Gasteiger partial charge in [-0.2, -0.15) is 0 Å². The zero-order chi connectivity index (χ0) is 28.3. The minimum absolute atomic E-state index is 0.0606. The van der Waals surface area contributed by atoms with E-state index in [2.05, 4.69) is 0 Å². The first kappa shape index (κ1) is 31.9. The number of rotatable bonds is 13. The van der Waals surface area contributed by atoms with Crippen molar-refractivity contribution in [1.29, 1.82) is 0 Å². The summed E-state index contributed by atoms with van der Waals surface area (Å²) in [5, 5.41) is 0. The molecular formula is C27H41NO9. The summed E-state index contributed by atoms with van der Waals surface area (Å²) in [6.07, 6.45) is -2.28. The van der Waals surface area contributed by atoms with E-state index in [1.807, 2.05) is 27.7 Å². The summed E-state index contributed by atoms with van der Waals surface area (Å²) in [6, 6.07) is 3.59. The predicted octanol–water partition coefficient (Wildman–Crippen LogP) is 4.34. The molecule has 0 saturated carbocycles. The summed E-state index contributed by atoms with van der Waals surface area (Å²) in [4.78, 5) is 48.7. The molecule has 1 aromatic carbocycles. The highest BCUT2D eigenvalue weighted by atomic mass is 16.7. The average Bonchev–Trinajstić information content (AvgIpc) is 2.73. The van der Waals surface area contributed by atoms with Gasteiger partial charge < -0.3 is 29.4 Å². The van der Waals surface area contributed by atoms with Crippen LogP contribution in [0.25, 0.3) is 0 Å². The highest BCUT2D eigenvalue weighted by Gasteiger charge is 2.25. The van der Waals surface area contributed by atoms with Gasteiger partial charge in [0.05, 0.1) is 6.10 Å². The molecule has 3 atom stereocenters. The van der Waals surface area contributed by atoms with Crippen molar-refractivity contribution in [2.24, 2.45) is 17.6 Å². The Kier molecular flexibility index (Phi) is 13.1. The van der Waals surface area contributed by atoms with Crippen LogP contribution in [0.2, 0.25) is 0 Å². The Morgan fingerprint density at radius 1 is 0.730 bits per heavy atom. The Morgan fingerprint density at radius 3 is 1.76 bits per heavy atom. The number of esters is 3. The molecule has 0 aliphatic rings. The van der Waals surface area contributed by atoms with Crippen molar-refractivity contribution in [2.45, 2.75) is 99.0 Å². The molecule has 0 spiro atoms. The SMILES string of the molecule is CC(C)CC(=O)Oc1ccc(C[C@H](N)C(=O)O[C@@H](C)[C@H](C)OC(=O)OC(C)C)cc1OC(=O)CC(C)C. The fraction of sp³-hybridized carbons (Fsp3) is 0.630. The maximum atomic E-state index is 12.6. The number of benzene rings is 1. The van der Waals surface area contributed by atoms with Crippen molar-refractivity contribution >= 4 is 24.1 Å². The third kappa shape index (κ3) is 12.6. The van der Waals surface area contributed by atoms with E-state index in [4.69, 9.17) is 29.4 Å². The Morgan fingerprint density at radius 2 is 1.24 bits per heavy atom. The third-order valence-electron chi connectivity index (χ3n) is 4.94. The minimum atomic E-state index is -1.05. The monoisotopic (exact) mass is 523 g/mol. The van der Waals surface area contributed by atoms with Gasteiger partial charge in [-0.15, -0.1) is 0 Å². The molecule has 10 heteroatoms. The van der Waals surface area contributed by atoms with E-state index in [0.717, 1.165) is 0 Å². The number of ether oxygens (including phenoxy) is 5. The van der Waals surface area contributed by atoms with Crippen LogP contribution in [0.3, 0.4) is 0 Å². The Labute approximate surface area is 219 Å². The molecule has 0 aromatic heterocycles. The lowest BCUT2D eigenvalue weighted by molar-refractivity contribution is -0.155. The molecule has 0 radical (unpaired) electrons. The van der Waals surface area contributed by atoms with Gasteiger partial charge in [-0.25, -0.2) is 4.79 Å². The van der Waals surface area contributed by atoms with Crippen LogP contribution in [-0.4, -0.2) is 48.4 Å². The van der Waals surface area contributed by atoms with Crippen molar-refractivity contribution < 1.29 is 42.9 Å². The summed E-state index contributed by atoms with van der Waals surface area (Å²) < 4.78 is 26.3. The van der Waals surface area contributed by atoms with Crippen LogP contribution in [-0.2, 0) is 35.0 Å². The molecular weight excluding hydrogens is 482 g/mol. The Bertz CT molecular complexity index is 926. The lowest BCUT2D eigenvalue weighted by atomic mass is 10.1. The molecule has 1 aromatic rings. The molecule has 1 rings (SSSR count). The largest absolute Gasteiger partial charge is 0.508 e. The van der Waals surface area contributed by atoms with Gasteiger partial charge in [-0.1, -0.05) is 33.8 Å². The first-order valence-corrected chi connectivity index (χ1v) is 12.6.